The average Bonchev–Trinajstić information content (AvgIpc) is 3.17. The Morgan fingerprint density at radius 1 is 1.07 bits per heavy atom. The highest BCUT2D eigenvalue weighted by Gasteiger charge is 2.26. The molecule has 4 rings (SSSR count). The number of rotatable bonds is 5. The monoisotopic (exact) mass is 383 g/mol. The summed E-state index contributed by atoms with van der Waals surface area (Å²) in [5.74, 6) is 0.149. The lowest BCUT2D eigenvalue weighted by Gasteiger charge is -2.30. The second kappa shape index (κ2) is 6.88. The van der Waals surface area contributed by atoms with Crippen LogP contribution in [-0.2, 0) is 27.8 Å². The van der Waals surface area contributed by atoms with Crippen molar-refractivity contribution in [2.75, 3.05) is 9.62 Å². The van der Waals surface area contributed by atoms with Crippen LogP contribution in [0.25, 0.3) is 0 Å². The van der Waals surface area contributed by atoms with Crippen LogP contribution in [0, 0.1) is 0 Å². The minimum Gasteiger partial charge on any atom is -0.363 e. The van der Waals surface area contributed by atoms with Crippen molar-refractivity contribution in [2.45, 2.75) is 24.3 Å². The number of nitrogens with zero attached hydrogens (tertiary/aromatic N) is 2. The van der Waals surface area contributed by atoms with Crippen molar-refractivity contribution < 1.29 is 17.7 Å². The molecule has 0 aliphatic carbocycles. The first kappa shape index (κ1) is 17.3. The fourth-order valence-corrected chi connectivity index (χ4v) is 4.15. The normalized spacial score (nSPS) is 14.1. The Kier molecular flexibility index (Phi) is 4.41. The topological polar surface area (TPSA) is 92.5 Å². The molecule has 0 saturated carbocycles. The van der Waals surface area contributed by atoms with Gasteiger partial charge in [0.05, 0.1) is 11.4 Å². The molecule has 1 N–H and O–H groups in total. The van der Waals surface area contributed by atoms with Crippen LogP contribution < -0.4 is 9.62 Å². The van der Waals surface area contributed by atoms with Gasteiger partial charge in [-0.15, -0.1) is 0 Å². The van der Waals surface area contributed by atoms with E-state index in [4.69, 9.17) is 0 Å². The van der Waals surface area contributed by atoms with Crippen molar-refractivity contribution in [3.8, 4) is 0 Å². The summed E-state index contributed by atoms with van der Waals surface area (Å²) in [7, 11) is -3.78. The van der Waals surface area contributed by atoms with Crippen molar-refractivity contribution in [2.24, 2.45) is 0 Å². The molecule has 138 valence electrons. The molecule has 0 spiro atoms. The molecular weight excluding hydrogens is 366 g/mol. The van der Waals surface area contributed by atoms with Gasteiger partial charge in [0.25, 0.3) is 10.0 Å². The summed E-state index contributed by atoms with van der Waals surface area (Å²) in [5, 5.41) is 3.57. The van der Waals surface area contributed by atoms with Gasteiger partial charge in [-0.25, -0.2) is 8.42 Å². The van der Waals surface area contributed by atoms with Crippen molar-refractivity contribution >= 4 is 27.4 Å². The van der Waals surface area contributed by atoms with Crippen LogP contribution in [0.1, 0.15) is 17.5 Å². The van der Waals surface area contributed by atoms with Gasteiger partial charge in [-0.3, -0.25) is 9.52 Å². The quantitative estimate of drug-likeness (QED) is 0.731. The maximum Gasteiger partial charge on any atom is 0.263 e. The number of hydrogen-bond donors (Lipinski definition) is 1. The number of aromatic nitrogens is 1. The summed E-state index contributed by atoms with van der Waals surface area (Å²) in [6, 6.07) is 15.9. The summed E-state index contributed by atoms with van der Waals surface area (Å²) in [4.78, 5) is 14.3. The van der Waals surface area contributed by atoms with Gasteiger partial charge < -0.3 is 9.42 Å². The van der Waals surface area contributed by atoms with Gasteiger partial charge in [-0.1, -0.05) is 35.5 Å². The molecule has 2 aromatic carbocycles. The third-order valence-corrected chi connectivity index (χ3v) is 5.77. The number of aryl methyl sites for hydroxylation is 1. The number of carbonyl (C=O) groups excluding carboxylic acids is 1. The molecular formula is C19H17N3O4S. The van der Waals surface area contributed by atoms with E-state index in [-0.39, 0.29) is 16.6 Å². The van der Waals surface area contributed by atoms with Gasteiger partial charge in [0.1, 0.15) is 6.26 Å². The van der Waals surface area contributed by atoms with E-state index < -0.39 is 10.0 Å². The highest BCUT2D eigenvalue weighted by Crippen LogP contribution is 2.31. The number of fused-ring (bicyclic) bond motifs is 1. The molecule has 3 aromatic rings. The molecule has 27 heavy (non-hydrogen) atoms. The minimum atomic E-state index is -3.78. The fourth-order valence-electron chi connectivity index (χ4n) is 3.10. The summed E-state index contributed by atoms with van der Waals surface area (Å²) >= 11 is 0. The molecule has 0 saturated heterocycles. The number of anilines is 2. The summed E-state index contributed by atoms with van der Waals surface area (Å²) in [6.07, 6.45) is 2.14. The van der Waals surface area contributed by atoms with Crippen LogP contribution >= 0.6 is 0 Å². The lowest BCUT2D eigenvalue weighted by Crippen LogP contribution is -2.34. The number of carbonyl (C=O) groups is 1. The van der Waals surface area contributed by atoms with E-state index in [0.717, 1.165) is 16.8 Å². The standard InChI is InChI=1S/C19H17N3O4S/c23-19-9-6-15-12-16(27(24,25)21-18-10-11-26-20-18)7-8-17(15)22(19)13-14-4-2-1-3-5-14/h1-5,7-8,10-12H,6,9,13H2,(H,20,21). The predicted molar refractivity (Wildman–Crippen MR) is 99.7 cm³/mol. The Labute approximate surface area is 156 Å². The van der Waals surface area contributed by atoms with Gasteiger partial charge in [-0.05, 0) is 35.7 Å². The van der Waals surface area contributed by atoms with Crippen molar-refractivity contribution in [1.82, 2.24) is 5.16 Å². The van der Waals surface area contributed by atoms with E-state index in [1.54, 1.807) is 17.0 Å². The smallest absolute Gasteiger partial charge is 0.263 e. The molecule has 1 aliphatic rings. The van der Waals surface area contributed by atoms with Gasteiger partial charge in [0.15, 0.2) is 5.82 Å². The summed E-state index contributed by atoms with van der Waals surface area (Å²) < 4.78 is 32.1. The maximum atomic E-state index is 12.5. The van der Waals surface area contributed by atoms with Crippen LogP contribution in [0.15, 0.2) is 70.3 Å². The second-order valence-corrected chi connectivity index (χ2v) is 7.93. The molecule has 1 aliphatic heterocycles. The van der Waals surface area contributed by atoms with Crippen LogP contribution in [0.5, 0.6) is 0 Å². The SMILES string of the molecule is O=C1CCc2cc(S(=O)(=O)Nc3ccon3)ccc2N1Cc1ccccc1. The van der Waals surface area contributed by atoms with E-state index in [2.05, 4.69) is 14.4 Å². The van der Waals surface area contributed by atoms with Crippen LogP contribution in [0.4, 0.5) is 11.5 Å². The van der Waals surface area contributed by atoms with Gasteiger partial charge in [0, 0.05) is 18.2 Å². The van der Waals surface area contributed by atoms with E-state index in [1.165, 1.54) is 18.4 Å². The van der Waals surface area contributed by atoms with Crippen molar-refractivity contribution in [3.63, 3.8) is 0 Å². The van der Waals surface area contributed by atoms with E-state index in [0.29, 0.717) is 19.4 Å². The maximum absolute atomic E-state index is 12.5. The molecule has 0 bridgehead atoms. The summed E-state index contributed by atoms with van der Waals surface area (Å²) in [6.45, 7) is 0.454. The Morgan fingerprint density at radius 3 is 2.63 bits per heavy atom. The number of sulfonamides is 1. The molecule has 8 heteroatoms. The minimum absolute atomic E-state index is 0.0303. The van der Waals surface area contributed by atoms with Crippen molar-refractivity contribution in [3.05, 3.63) is 72.0 Å². The predicted octanol–water partition coefficient (Wildman–Crippen LogP) is 2.95. The molecule has 1 aromatic heterocycles. The average molecular weight is 383 g/mol. The molecule has 7 nitrogen and oxygen atoms in total. The summed E-state index contributed by atoms with van der Waals surface area (Å²) in [5.41, 5.74) is 2.59. The third kappa shape index (κ3) is 3.56. The zero-order valence-electron chi connectivity index (χ0n) is 14.3. The zero-order chi connectivity index (χ0) is 18.9. The van der Waals surface area contributed by atoms with E-state index in [1.807, 2.05) is 30.3 Å². The highest BCUT2D eigenvalue weighted by atomic mass is 32.2. The van der Waals surface area contributed by atoms with Gasteiger partial charge in [0.2, 0.25) is 5.91 Å². The first-order valence-electron chi connectivity index (χ1n) is 8.43. The highest BCUT2D eigenvalue weighted by molar-refractivity contribution is 7.92. The van der Waals surface area contributed by atoms with E-state index >= 15 is 0 Å². The third-order valence-electron chi connectivity index (χ3n) is 4.42. The molecule has 0 fully saturated rings. The zero-order valence-corrected chi connectivity index (χ0v) is 15.1. The van der Waals surface area contributed by atoms with Crippen molar-refractivity contribution in [1.29, 1.82) is 0 Å². The number of benzene rings is 2. The first-order valence-corrected chi connectivity index (χ1v) is 9.92. The van der Waals surface area contributed by atoms with Crippen LogP contribution in [0.3, 0.4) is 0 Å². The largest absolute Gasteiger partial charge is 0.363 e. The molecule has 2 heterocycles. The van der Waals surface area contributed by atoms with Crippen LogP contribution in [-0.4, -0.2) is 19.5 Å². The van der Waals surface area contributed by atoms with E-state index in [9.17, 15) is 13.2 Å². The first-order chi connectivity index (χ1) is 13.0. The molecule has 0 unspecified atom stereocenters. The second-order valence-electron chi connectivity index (χ2n) is 6.25. The Hall–Kier alpha value is -3.13. The fraction of sp³-hybridized carbons (Fsp3) is 0.158. The molecule has 1 amide bonds. The lowest BCUT2D eigenvalue weighted by molar-refractivity contribution is -0.119. The molecule has 0 atom stereocenters. The number of hydrogen-bond acceptors (Lipinski definition) is 5. The van der Waals surface area contributed by atoms with Crippen LogP contribution in [0.2, 0.25) is 0 Å². The Balaban J connectivity index is 1.64. The Bertz CT molecular complexity index is 1060. The lowest BCUT2D eigenvalue weighted by atomic mass is 10.0. The molecule has 0 radical (unpaired) electrons. The number of nitrogens with one attached hydrogen (secondary N) is 1. The van der Waals surface area contributed by atoms with Gasteiger partial charge >= 0.3 is 0 Å². The van der Waals surface area contributed by atoms with Gasteiger partial charge in [-0.2, -0.15) is 0 Å². The number of amides is 1. The Morgan fingerprint density at radius 2 is 1.89 bits per heavy atom.